The maximum Gasteiger partial charge on any atom is 0.230 e. The van der Waals surface area contributed by atoms with Crippen LogP contribution in [0.3, 0.4) is 0 Å². The van der Waals surface area contributed by atoms with Gasteiger partial charge in [0.15, 0.2) is 0 Å². The zero-order valence-corrected chi connectivity index (χ0v) is 17.0. The third-order valence-electron chi connectivity index (χ3n) is 6.99. The highest BCUT2D eigenvalue weighted by molar-refractivity contribution is 5.86. The van der Waals surface area contributed by atoms with Gasteiger partial charge >= 0.3 is 0 Å². The topological polar surface area (TPSA) is 58.4 Å². The first-order valence-electron chi connectivity index (χ1n) is 10.5. The van der Waals surface area contributed by atoms with Gasteiger partial charge in [-0.15, -0.1) is 0 Å². The number of rotatable bonds is 5. The Balaban J connectivity index is 1.36. The Bertz CT molecular complexity index is 752. The Kier molecular flexibility index (Phi) is 4.77. The largest absolute Gasteiger partial charge is 0.342 e. The molecule has 1 aromatic heterocycles. The van der Waals surface area contributed by atoms with Gasteiger partial charge in [0, 0.05) is 44.8 Å². The highest BCUT2D eigenvalue weighted by Crippen LogP contribution is 2.41. The van der Waals surface area contributed by atoms with E-state index in [-0.39, 0.29) is 11.3 Å². The maximum absolute atomic E-state index is 13.1. The summed E-state index contributed by atoms with van der Waals surface area (Å²) in [5.41, 5.74) is 3.06. The van der Waals surface area contributed by atoms with Crippen molar-refractivity contribution >= 4 is 11.8 Å². The average Bonchev–Trinajstić information content (AvgIpc) is 3.32. The van der Waals surface area contributed by atoms with Crippen molar-refractivity contribution in [2.75, 3.05) is 26.2 Å². The highest BCUT2D eigenvalue weighted by atomic mass is 16.2. The third-order valence-corrected chi connectivity index (χ3v) is 6.99. The highest BCUT2D eigenvalue weighted by Gasteiger charge is 2.49. The Morgan fingerprint density at radius 3 is 2.63 bits per heavy atom. The molecule has 1 atom stereocenters. The van der Waals surface area contributed by atoms with Crippen LogP contribution >= 0.6 is 0 Å². The molecule has 3 heterocycles. The van der Waals surface area contributed by atoms with Crippen molar-refractivity contribution in [3.8, 4) is 0 Å². The summed E-state index contributed by atoms with van der Waals surface area (Å²) in [7, 11) is 0. The number of carbonyl (C=O) groups is 2. The van der Waals surface area contributed by atoms with Crippen LogP contribution in [0.1, 0.15) is 55.5 Å². The Morgan fingerprint density at radius 1 is 1.19 bits per heavy atom. The number of hydrogen-bond acceptors (Lipinski definition) is 3. The number of amides is 2. The molecule has 6 nitrogen and oxygen atoms in total. The van der Waals surface area contributed by atoms with Gasteiger partial charge in [0.05, 0.1) is 11.1 Å². The van der Waals surface area contributed by atoms with Gasteiger partial charge in [0.1, 0.15) is 0 Å². The summed E-state index contributed by atoms with van der Waals surface area (Å²) >= 11 is 0. The molecule has 4 rings (SSSR count). The van der Waals surface area contributed by atoms with Gasteiger partial charge in [-0.3, -0.25) is 14.3 Å². The molecule has 27 heavy (non-hydrogen) atoms. The maximum atomic E-state index is 13.1. The average molecular weight is 373 g/mol. The van der Waals surface area contributed by atoms with Crippen LogP contribution < -0.4 is 0 Å². The number of carbonyl (C=O) groups excluding carboxylic acids is 2. The second-order valence-electron chi connectivity index (χ2n) is 8.91. The molecule has 1 saturated carbocycles. The van der Waals surface area contributed by atoms with Gasteiger partial charge in [-0.25, -0.2) is 0 Å². The fourth-order valence-corrected chi connectivity index (χ4v) is 4.77. The Hall–Kier alpha value is -1.85. The molecule has 0 unspecified atom stereocenters. The van der Waals surface area contributed by atoms with E-state index in [1.165, 1.54) is 18.4 Å². The number of hydrogen-bond donors (Lipinski definition) is 0. The van der Waals surface area contributed by atoms with Crippen molar-refractivity contribution < 1.29 is 9.59 Å². The molecular weight excluding hydrogens is 340 g/mol. The van der Waals surface area contributed by atoms with Crippen LogP contribution in [0.2, 0.25) is 0 Å². The molecule has 148 valence electrons. The first-order valence-corrected chi connectivity index (χ1v) is 10.5. The van der Waals surface area contributed by atoms with Gasteiger partial charge in [0.25, 0.3) is 0 Å². The zero-order valence-electron chi connectivity index (χ0n) is 17.0. The lowest BCUT2D eigenvalue weighted by Gasteiger charge is -2.39. The smallest absolute Gasteiger partial charge is 0.230 e. The van der Waals surface area contributed by atoms with E-state index in [9.17, 15) is 9.59 Å². The van der Waals surface area contributed by atoms with E-state index < -0.39 is 0 Å². The third kappa shape index (κ3) is 3.50. The van der Waals surface area contributed by atoms with Crippen molar-refractivity contribution in [2.24, 2.45) is 11.3 Å². The minimum atomic E-state index is -0.308. The van der Waals surface area contributed by atoms with Crippen LogP contribution in [0.5, 0.6) is 0 Å². The predicted molar refractivity (Wildman–Crippen MR) is 103 cm³/mol. The molecule has 2 amide bonds. The summed E-state index contributed by atoms with van der Waals surface area (Å²) in [6.07, 6.45) is 5.84. The molecule has 3 aliphatic rings. The number of nitrogens with zero attached hydrogens (tertiary/aromatic N) is 4. The van der Waals surface area contributed by atoms with Crippen LogP contribution in [-0.4, -0.2) is 57.6 Å². The fraction of sp³-hybridized carbons (Fsp3) is 0.762. The molecule has 2 aliphatic heterocycles. The molecular formula is C21H32N4O2. The summed E-state index contributed by atoms with van der Waals surface area (Å²) in [5, 5.41) is 4.53. The van der Waals surface area contributed by atoms with E-state index in [0.717, 1.165) is 56.2 Å². The lowest BCUT2D eigenvalue weighted by molar-refractivity contribution is -0.146. The standard InChI is InChI=1S/C21H32N4O2/c1-15-16(2)22-25(17(15)3)11-7-19(26)24-12-9-21(14-24)8-4-10-23(20(21)27)13-18-5-6-18/h18H,4-14H2,1-3H3/t21-/m1/s1. The van der Waals surface area contributed by atoms with Crippen molar-refractivity contribution in [2.45, 2.75) is 65.8 Å². The number of aryl methyl sites for hydroxylation is 2. The summed E-state index contributed by atoms with van der Waals surface area (Å²) in [5.74, 6) is 1.20. The van der Waals surface area contributed by atoms with Gasteiger partial charge < -0.3 is 9.80 Å². The lowest BCUT2D eigenvalue weighted by Crippen LogP contribution is -2.51. The Labute approximate surface area is 161 Å². The van der Waals surface area contributed by atoms with E-state index >= 15 is 0 Å². The molecule has 2 saturated heterocycles. The molecule has 1 spiro atoms. The van der Waals surface area contributed by atoms with E-state index in [1.54, 1.807) is 0 Å². The van der Waals surface area contributed by atoms with Gasteiger partial charge in [0.2, 0.25) is 11.8 Å². The van der Waals surface area contributed by atoms with Crippen LogP contribution in [0.15, 0.2) is 0 Å². The summed E-state index contributed by atoms with van der Waals surface area (Å²) < 4.78 is 1.94. The molecule has 1 aliphatic carbocycles. The lowest BCUT2D eigenvalue weighted by atomic mass is 9.78. The van der Waals surface area contributed by atoms with Gasteiger partial charge in [-0.1, -0.05) is 0 Å². The van der Waals surface area contributed by atoms with Crippen molar-refractivity contribution in [3.63, 3.8) is 0 Å². The SMILES string of the molecule is Cc1nn(CCC(=O)N2CC[C@]3(CCCN(CC4CC4)C3=O)C2)c(C)c1C. The van der Waals surface area contributed by atoms with Gasteiger partial charge in [-0.05, 0) is 64.4 Å². The second-order valence-corrected chi connectivity index (χ2v) is 8.91. The molecule has 0 radical (unpaired) electrons. The van der Waals surface area contributed by atoms with Crippen molar-refractivity contribution in [3.05, 3.63) is 17.0 Å². The molecule has 1 aromatic rings. The monoisotopic (exact) mass is 372 g/mol. The zero-order chi connectivity index (χ0) is 19.2. The minimum Gasteiger partial charge on any atom is -0.342 e. The van der Waals surface area contributed by atoms with E-state index in [4.69, 9.17) is 0 Å². The molecule has 6 heteroatoms. The molecule has 0 N–H and O–H groups in total. The predicted octanol–water partition coefficient (Wildman–Crippen LogP) is 2.45. The van der Waals surface area contributed by atoms with E-state index in [0.29, 0.717) is 25.4 Å². The first kappa shape index (κ1) is 18.5. The number of aromatic nitrogens is 2. The van der Waals surface area contributed by atoms with Crippen LogP contribution in [0, 0.1) is 32.1 Å². The van der Waals surface area contributed by atoms with Crippen LogP contribution in [0.4, 0.5) is 0 Å². The van der Waals surface area contributed by atoms with Gasteiger partial charge in [-0.2, -0.15) is 5.10 Å². The van der Waals surface area contributed by atoms with E-state index in [2.05, 4.69) is 23.8 Å². The molecule has 3 fully saturated rings. The second kappa shape index (κ2) is 6.95. The van der Waals surface area contributed by atoms with E-state index in [1.807, 2.05) is 16.5 Å². The number of piperidine rings is 1. The first-order chi connectivity index (χ1) is 12.9. The van der Waals surface area contributed by atoms with Crippen molar-refractivity contribution in [1.82, 2.24) is 19.6 Å². The number of likely N-dealkylation sites (tertiary alicyclic amines) is 2. The summed E-state index contributed by atoms with van der Waals surface area (Å²) in [6.45, 7) is 9.92. The summed E-state index contributed by atoms with van der Waals surface area (Å²) in [4.78, 5) is 29.9. The van der Waals surface area contributed by atoms with Crippen LogP contribution in [0.25, 0.3) is 0 Å². The Morgan fingerprint density at radius 2 is 1.96 bits per heavy atom. The van der Waals surface area contributed by atoms with Crippen molar-refractivity contribution in [1.29, 1.82) is 0 Å². The molecule has 0 bridgehead atoms. The quantitative estimate of drug-likeness (QED) is 0.798. The normalized spacial score (nSPS) is 25.7. The summed E-state index contributed by atoms with van der Waals surface area (Å²) in [6, 6.07) is 0. The molecule has 0 aromatic carbocycles. The fourth-order valence-electron chi connectivity index (χ4n) is 4.77. The minimum absolute atomic E-state index is 0.157. The van der Waals surface area contributed by atoms with Crippen LogP contribution in [-0.2, 0) is 16.1 Å².